The number of nitrogens with one attached hydrogen (secondary N) is 1. The van der Waals surface area contributed by atoms with Crippen LogP contribution in [0.15, 0.2) is 59.5 Å². The molecule has 2 atom stereocenters. The third-order valence-corrected chi connectivity index (χ3v) is 7.78. The second-order valence-electron chi connectivity index (χ2n) is 9.86. The van der Waals surface area contributed by atoms with Crippen molar-refractivity contribution in [3.8, 4) is 5.75 Å². The molecule has 1 aromatic heterocycles. The molecular formula is C29H29ClFN3O5. The van der Waals surface area contributed by atoms with E-state index in [0.717, 1.165) is 12.0 Å². The minimum absolute atomic E-state index is 0.0404. The van der Waals surface area contributed by atoms with Crippen LogP contribution in [-0.2, 0) is 24.4 Å². The van der Waals surface area contributed by atoms with E-state index in [1.54, 1.807) is 22.6 Å². The van der Waals surface area contributed by atoms with Crippen molar-refractivity contribution in [3.05, 3.63) is 98.2 Å². The molecule has 0 unspecified atom stereocenters. The number of aromatic nitrogens is 1. The molecule has 0 saturated heterocycles. The smallest absolute Gasteiger partial charge is 0.275 e. The fourth-order valence-electron chi connectivity index (χ4n) is 5.44. The number of likely N-dealkylation sites (N-methyl/N-ethyl adjacent to an activating group) is 1. The molecule has 2 aromatic carbocycles. The Morgan fingerprint density at radius 3 is 2.67 bits per heavy atom. The van der Waals surface area contributed by atoms with Gasteiger partial charge in [0.25, 0.3) is 11.8 Å². The first kappa shape index (κ1) is 26.9. The Morgan fingerprint density at radius 1 is 1.18 bits per heavy atom. The highest BCUT2D eigenvalue weighted by Crippen LogP contribution is 2.52. The van der Waals surface area contributed by atoms with E-state index in [9.17, 15) is 18.8 Å². The van der Waals surface area contributed by atoms with Gasteiger partial charge in [0.15, 0.2) is 11.4 Å². The van der Waals surface area contributed by atoms with Gasteiger partial charge < -0.3 is 24.3 Å². The predicted octanol–water partition coefficient (Wildman–Crippen LogP) is 4.03. The van der Waals surface area contributed by atoms with Crippen LogP contribution in [-0.4, -0.2) is 47.1 Å². The van der Waals surface area contributed by atoms with Crippen LogP contribution < -0.4 is 15.5 Å². The molecule has 0 radical (unpaired) electrons. The molecule has 1 spiro atoms. The standard InChI is InChI=1S/C29H29ClFN3O5/c1-3-34-28(37)24-26(39-15-18-8-5-4-6-9-18)25(35)21(14-33(24)17-29(34)12-20(29)16-38-2)27(36)32-13-19-10-7-11-22(30)23(19)31/h4-11,14,20H,3,12-13,15-17H2,1-2H3,(H,32,36)/t20-,29-/m1/s1. The molecule has 10 heteroatoms. The maximum Gasteiger partial charge on any atom is 0.275 e. The average molecular weight is 554 g/mol. The van der Waals surface area contributed by atoms with Crippen molar-refractivity contribution in [2.24, 2.45) is 5.92 Å². The topological polar surface area (TPSA) is 89.9 Å². The number of pyridine rings is 1. The van der Waals surface area contributed by atoms with E-state index >= 15 is 0 Å². The predicted molar refractivity (Wildman–Crippen MR) is 143 cm³/mol. The highest BCUT2D eigenvalue weighted by molar-refractivity contribution is 6.30. The molecule has 2 heterocycles. The Balaban J connectivity index is 1.53. The molecule has 0 bridgehead atoms. The Hall–Kier alpha value is -3.69. The van der Waals surface area contributed by atoms with E-state index in [0.29, 0.717) is 19.7 Å². The largest absolute Gasteiger partial charge is 0.483 e. The summed E-state index contributed by atoms with van der Waals surface area (Å²) in [7, 11) is 1.62. The minimum Gasteiger partial charge on any atom is -0.483 e. The summed E-state index contributed by atoms with van der Waals surface area (Å²) in [5, 5.41) is 2.54. The molecule has 3 aromatic rings. The molecule has 8 nitrogen and oxygen atoms in total. The zero-order valence-electron chi connectivity index (χ0n) is 21.7. The third-order valence-electron chi connectivity index (χ3n) is 7.49. The molecule has 39 heavy (non-hydrogen) atoms. The Kier molecular flexibility index (Phi) is 7.46. The number of benzene rings is 2. The number of halogens is 2. The molecule has 1 saturated carbocycles. The van der Waals surface area contributed by atoms with Gasteiger partial charge in [0, 0.05) is 44.4 Å². The molecule has 2 aliphatic rings. The Labute approximate surface area is 230 Å². The minimum atomic E-state index is -0.706. The van der Waals surface area contributed by atoms with E-state index in [-0.39, 0.29) is 52.6 Å². The summed E-state index contributed by atoms with van der Waals surface area (Å²) in [5.41, 5.74) is -0.257. The fourth-order valence-corrected chi connectivity index (χ4v) is 5.64. The van der Waals surface area contributed by atoms with Crippen LogP contribution >= 0.6 is 11.6 Å². The first-order chi connectivity index (χ1) is 18.8. The zero-order chi connectivity index (χ0) is 27.7. The normalized spacial score (nSPS) is 19.6. The van der Waals surface area contributed by atoms with Gasteiger partial charge in [0.05, 0.1) is 17.2 Å². The molecule has 1 aliphatic carbocycles. The van der Waals surface area contributed by atoms with Crippen molar-refractivity contribution >= 4 is 23.4 Å². The van der Waals surface area contributed by atoms with Crippen LogP contribution in [0.5, 0.6) is 5.75 Å². The summed E-state index contributed by atoms with van der Waals surface area (Å²) in [6.07, 6.45) is 2.16. The molecule has 204 valence electrons. The van der Waals surface area contributed by atoms with Crippen molar-refractivity contribution in [3.63, 3.8) is 0 Å². The number of carbonyl (C=O) groups is 2. The number of ether oxygens (including phenoxy) is 2. The van der Waals surface area contributed by atoms with Gasteiger partial charge in [-0.2, -0.15) is 0 Å². The van der Waals surface area contributed by atoms with Crippen molar-refractivity contribution in [1.82, 2.24) is 14.8 Å². The quantitative estimate of drug-likeness (QED) is 0.432. The lowest BCUT2D eigenvalue weighted by atomic mass is 10.0. The molecule has 1 fully saturated rings. The summed E-state index contributed by atoms with van der Waals surface area (Å²) in [6, 6.07) is 13.7. The molecule has 2 amide bonds. The van der Waals surface area contributed by atoms with Crippen molar-refractivity contribution in [2.45, 2.75) is 38.6 Å². The number of hydrogen-bond acceptors (Lipinski definition) is 5. The van der Waals surface area contributed by atoms with E-state index in [1.165, 1.54) is 18.3 Å². The molecule has 1 N–H and O–H groups in total. The lowest BCUT2D eigenvalue weighted by Crippen LogP contribution is -2.52. The van der Waals surface area contributed by atoms with Crippen LogP contribution in [0.3, 0.4) is 0 Å². The summed E-state index contributed by atoms with van der Waals surface area (Å²) < 4.78 is 27.4. The maximum absolute atomic E-state index is 14.4. The van der Waals surface area contributed by atoms with Gasteiger partial charge in [-0.05, 0) is 25.0 Å². The second-order valence-corrected chi connectivity index (χ2v) is 10.3. The van der Waals surface area contributed by atoms with Crippen molar-refractivity contribution in [2.75, 3.05) is 20.3 Å². The van der Waals surface area contributed by atoms with Gasteiger partial charge >= 0.3 is 0 Å². The summed E-state index contributed by atoms with van der Waals surface area (Å²) in [5.74, 6) is -1.71. The van der Waals surface area contributed by atoms with Gasteiger partial charge in [-0.3, -0.25) is 14.4 Å². The Morgan fingerprint density at radius 2 is 1.95 bits per heavy atom. The van der Waals surface area contributed by atoms with Crippen LogP contribution in [0, 0.1) is 11.7 Å². The van der Waals surface area contributed by atoms with Gasteiger partial charge in [0.1, 0.15) is 18.0 Å². The lowest BCUT2D eigenvalue weighted by Gasteiger charge is -2.39. The average Bonchev–Trinajstić information content (AvgIpc) is 3.61. The summed E-state index contributed by atoms with van der Waals surface area (Å²) in [4.78, 5) is 42.4. The number of fused-ring (bicyclic) bond motifs is 1. The van der Waals surface area contributed by atoms with Crippen molar-refractivity contribution < 1.29 is 23.5 Å². The van der Waals surface area contributed by atoms with E-state index < -0.39 is 22.7 Å². The monoisotopic (exact) mass is 553 g/mol. The van der Waals surface area contributed by atoms with E-state index in [4.69, 9.17) is 21.1 Å². The van der Waals surface area contributed by atoms with Crippen LogP contribution in [0.25, 0.3) is 0 Å². The van der Waals surface area contributed by atoms with Crippen LogP contribution in [0.1, 0.15) is 45.3 Å². The van der Waals surface area contributed by atoms with Gasteiger partial charge in [-0.15, -0.1) is 0 Å². The number of rotatable bonds is 9. The number of nitrogens with zero attached hydrogens (tertiary/aromatic N) is 2. The van der Waals surface area contributed by atoms with Crippen LogP contribution in [0.4, 0.5) is 4.39 Å². The summed E-state index contributed by atoms with van der Waals surface area (Å²) in [6.45, 7) is 3.11. The second kappa shape index (κ2) is 10.8. The number of amides is 2. The fraction of sp³-hybridized carbons (Fsp3) is 0.345. The zero-order valence-corrected chi connectivity index (χ0v) is 22.5. The molecule has 1 aliphatic heterocycles. The Bertz CT molecular complexity index is 1480. The highest BCUT2D eigenvalue weighted by Gasteiger charge is 2.62. The molecule has 5 rings (SSSR count). The summed E-state index contributed by atoms with van der Waals surface area (Å²) >= 11 is 5.86. The van der Waals surface area contributed by atoms with E-state index in [1.807, 2.05) is 37.3 Å². The van der Waals surface area contributed by atoms with Gasteiger partial charge in [0.2, 0.25) is 5.43 Å². The van der Waals surface area contributed by atoms with Gasteiger partial charge in [-0.1, -0.05) is 54.1 Å². The first-order valence-corrected chi connectivity index (χ1v) is 13.1. The first-order valence-electron chi connectivity index (χ1n) is 12.8. The molecular weight excluding hydrogens is 525 g/mol. The van der Waals surface area contributed by atoms with Crippen LogP contribution in [0.2, 0.25) is 5.02 Å². The van der Waals surface area contributed by atoms with Crippen molar-refractivity contribution in [1.29, 1.82) is 0 Å². The lowest BCUT2D eigenvalue weighted by molar-refractivity contribution is 0.0488. The van der Waals surface area contributed by atoms with E-state index in [2.05, 4.69) is 5.32 Å². The number of hydrogen-bond donors (Lipinski definition) is 1. The highest BCUT2D eigenvalue weighted by atomic mass is 35.5. The van der Waals surface area contributed by atoms with Gasteiger partial charge in [-0.25, -0.2) is 4.39 Å². The number of methoxy groups -OCH3 is 1. The third kappa shape index (κ3) is 4.92. The number of carbonyl (C=O) groups excluding carboxylic acids is 2. The SMILES string of the molecule is CCN1C(=O)c2c(OCc3ccccc3)c(=O)c(C(=O)NCc3cccc(Cl)c3F)cn2C[C@@]12C[C@@H]2COC. The maximum atomic E-state index is 14.4.